The number of ether oxygens (including phenoxy) is 7. The van der Waals surface area contributed by atoms with E-state index < -0.39 is 24.3 Å². The molecule has 1 aliphatic heterocycles. The van der Waals surface area contributed by atoms with Crippen LogP contribution in [0.2, 0.25) is 0 Å². The summed E-state index contributed by atoms with van der Waals surface area (Å²) in [5.74, 6) is 2.27. The molecule has 3 atom stereocenters. The lowest BCUT2D eigenvalue weighted by Gasteiger charge is -2.35. The number of carbonyl (C=O) groups is 1. The van der Waals surface area contributed by atoms with Crippen molar-refractivity contribution in [3.05, 3.63) is 221 Å². The number of fused-ring (bicyclic) bond motifs is 1. The maximum absolute atomic E-state index is 14.1. The van der Waals surface area contributed by atoms with Crippen LogP contribution in [0.1, 0.15) is 51.2 Å². The predicted octanol–water partition coefficient (Wildman–Crippen LogP) is 11.0. The Hall–Kier alpha value is -7.03. The molecule has 8 heteroatoms. The Labute approximate surface area is 350 Å². The van der Waals surface area contributed by atoms with Crippen molar-refractivity contribution in [2.24, 2.45) is 0 Å². The molecule has 8 nitrogen and oxygen atoms in total. The molecule has 7 aromatic rings. The van der Waals surface area contributed by atoms with Gasteiger partial charge in [-0.15, -0.1) is 0 Å². The highest BCUT2D eigenvalue weighted by Gasteiger charge is 2.39. The predicted molar refractivity (Wildman–Crippen MR) is 229 cm³/mol. The second-order valence-electron chi connectivity index (χ2n) is 14.4. The molecule has 1 heterocycles. The lowest BCUT2D eigenvalue weighted by Crippen LogP contribution is -2.36. The summed E-state index contributed by atoms with van der Waals surface area (Å²) in [7, 11) is 1.50. The maximum atomic E-state index is 14.1. The summed E-state index contributed by atoms with van der Waals surface area (Å²) < 4.78 is 44.8. The van der Waals surface area contributed by atoms with Crippen molar-refractivity contribution in [2.75, 3.05) is 7.11 Å². The third-order valence-electron chi connectivity index (χ3n) is 10.2. The molecule has 1 unspecified atom stereocenters. The van der Waals surface area contributed by atoms with Crippen molar-refractivity contribution < 1.29 is 38.0 Å². The van der Waals surface area contributed by atoms with Crippen LogP contribution in [0, 0.1) is 0 Å². The first kappa shape index (κ1) is 39.8. The van der Waals surface area contributed by atoms with Gasteiger partial charge >= 0.3 is 5.97 Å². The second-order valence-corrected chi connectivity index (χ2v) is 14.4. The monoisotopic (exact) mass is 798 g/mol. The van der Waals surface area contributed by atoms with Crippen LogP contribution in [-0.2, 0) is 47.1 Å². The molecule has 1 aliphatic rings. The smallest absolute Gasteiger partial charge is 0.340 e. The third kappa shape index (κ3) is 10.2. The van der Waals surface area contributed by atoms with Gasteiger partial charge in [-0.05, 0) is 39.9 Å². The van der Waals surface area contributed by atoms with Gasteiger partial charge < -0.3 is 33.2 Å². The van der Waals surface area contributed by atoms with Crippen molar-refractivity contribution in [3.63, 3.8) is 0 Å². The average Bonchev–Trinajstić information content (AvgIpc) is 3.30. The molecule has 0 spiro atoms. The summed E-state index contributed by atoms with van der Waals surface area (Å²) in [5.41, 5.74) is 6.22. The van der Waals surface area contributed by atoms with Crippen LogP contribution in [0.15, 0.2) is 182 Å². The molecule has 302 valence electrons. The molecule has 0 radical (unpaired) electrons. The van der Waals surface area contributed by atoms with Gasteiger partial charge in [-0.3, -0.25) is 0 Å². The third-order valence-corrected chi connectivity index (χ3v) is 10.2. The zero-order valence-corrected chi connectivity index (χ0v) is 33.4. The van der Waals surface area contributed by atoms with E-state index in [1.54, 1.807) is 0 Å². The Bertz CT molecular complexity index is 2430. The Morgan fingerprint density at radius 3 is 1.57 bits per heavy atom. The van der Waals surface area contributed by atoms with E-state index in [0.29, 0.717) is 60.7 Å². The zero-order chi connectivity index (χ0) is 40.9. The summed E-state index contributed by atoms with van der Waals surface area (Å²) in [6.07, 6.45) is -2.22. The fraction of sp³-hybridized carbons (Fsp3) is 0.173. The van der Waals surface area contributed by atoms with Crippen LogP contribution in [0.5, 0.6) is 28.7 Å². The van der Waals surface area contributed by atoms with E-state index in [2.05, 4.69) is 0 Å². The fourth-order valence-corrected chi connectivity index (χ4v) is 7.11. The number of carbonyl (C=O) groups excluding carboxylic acids is 1. The fourth-order valence-electron chi connectivity index (χ4n) is 7.11. The molecule has 0 N–H and O–H groups in total. The van der Waals surface area contributed by atoms with Gasteiger partial charge in [0.25, 0.3) is 0 Å². The van der Waals surface area contributed by atoms with Crippen LogP contribution < -0.4 is 23.7 Å². The van der Waals surface area contributed by atoms with Crippen molar-refractivity contribution in [3.8, 4) is 28.7 Å². The quantitative estimate of drug-likeness (QED) is 0.0843. The Balaban J connectivity index is 1.16. The summed E-state index contributed by atoms with van der Waals surface area (Å²) in [6.45, 7) is 1.34. The number of benzene rings is 7. The highest BCUT2D eigenvalue weighted by atomic mass is 16.6. The SMILES string of the molecule is COC(C(=O)O[C@@H]1Cc2c(OCc3ccccc3)cc(OCc3ccccc3)cc2O[C@H]1c1ccc(OCc2ccccc2)c(OCc2ccccc2)c1)c1ccccc1. The minimum Gasteiger partial charge on any atom is -0.489 e. The number of hydrogen-bond donors (Lipinski definition) is 0. The molecule has 7 aromatic carbocycles. The van der Waals surface area contributed by atoms with Crippen LogP contribution in [0.4, 0.5) is 0 Å². The van der Waals surface area contributed by atoms with Crippen LogP contribution in [-0.4, -0.2) is 19.2 Å². The summed E-state index contributed by atoms with van der Waals surface area (Å²) in [5, 5.41) is 0. The Morgan fingerprint density at radius 1 is 0.550 bits per heavy atom. The Kier molecular flexibility index (Phi) is 13.0. The Morgan fingerprint density at radius 2 is 1.03 bits per heavy atom. The number of esters is 1. The zero-order valence-electron chi connectivity index (χ0n) is 33.4. The maximum Gasteiger partial charge on any atom is 0.340 e. The molecular weight excluding hydrogens is 753 g/mol. The van der Waals surface area contributed by atoms with Gasteiger partial charge in [0.05, 0.1) is 0 Å². The minimum atomic E-state index is -0.950. The van der Waals surface area contributed by atoms with Crippen molar-refractivity contribution in [1.82, 2.24) is 0 Å². The average molecular weight is 799 g/mol. The topological polar surface area (TPSA) is 81.7 Å². The summed E-state index contributed by atoms with van der Waals surface area (Å²) in [6, 6.07) is 58.6. The van der Waals surface area contributed by atoms with Crippen molar-refractivity contribution >= 4 is 5.97 Å². The van der Waals surface area contributed by atoms with Gasteiger partial charge in [-0.2, -0.15) is 0 Å². The lowest BCUT2D eigenvalue weighted by molar-refractivity contribution is -0.167. The van der Waals surface area contributed by atoms with Crippen molar-refractivity contribution in [1.29, 1.82) is 0 Å². The molecule has 8 rings (SSSR count). The minimum absolute atomic E-state index is 0.284. The lowest BCUT2D eigenvalue weighted by atomic mass is 9.93. The van der Waals surface area contributed by atoms with Crippen molar-refractivity contribution in [2.45, 2.75) is 51.2 Å². The van der Waals surface area contributed by atoms with E-state index in [1.807, 2.05) is 182 Å². The number of rotatable bonds is 17. The van der Waals surface area contributed by atoms with Crippen LogP contribution >= 0.6 is 0 Å². The standard InChI is InChI=1S/C52H46O8/c1-54-51(41-25-15-6-16-26-41)52(53)60-49-32-44-46(57-35-39-21-11-4-12-22-39)30-43(55-33-37-17-7-2-8-18-37)31-47(44)59-50(49)42-27-28-45(56-34-38-19-9-3-10-20-38)48(29-42)58-36-40-23-13-5-14-24-40/h2-31,49-51H,32-36H2,1H3/t49-,50+,51?/m1/s1. The van der Waals surface area contributed by atoms with E-state index in [1.165, 1.54) is 7.11 Å². The van der Waals surface area contributed by atoms with E-state index in [4.69, 9.17) is 33.2 Å². The molecule has 0 bridgehead atoms. The summed E-state index contributed by atoms with van der Waals surface area (Å²) in [4.78, 5) is 14.1. The van der Waals surface area contributed by atoms with Crippen LogP contribution in [0.3, 0.4) is 0 Å². The molecule has 0 fully saturated rings. The largest absolute Gasteiger partial charge is 0.489 e. The molecule has 0 aromatic heterocycles. The van der Waals surface area contributed by atoms with Gasteiger partial charge in [0, 0.05) is 36.8 Å². The molecule has 0 amide bonds. The molecular formula is C52H46O8. The molecule has 60 heavy (non-hydrogen) atoms. The van der Waals surface area contributed by atoms with E-state index in [9.17, 15) is 4.79 Å². The molecule has 0 saturated heterocycles. The number of methoxy groups -OCH3 is 1. The van der Waals surface area contributed by atoms with E-state index >= 15 is 0 Å². The van der Waals surface area contributed by atoms with Gasteiger partial charge in [0.2, 0.25) is 0 Å². The van der Waals surface area contributed by atoms with Gasteiger partial charge in [-0.25, -0.2) is 4.79 Å². The first-order valence-corrected chi connectivity index (χ1v) is 20.0. The highest BCUT2D eigenvalue weighted by Crippen LogP contribution is 2.45. The van der Waals surface area contributed by atoms with E-state index in [0.717, 1.165) is 33.4 Å². The summed E-state index contributed by atoms with van der Waals surface area (Å²) >= 11 is 0. The molecule has 0 aliphatic carbocycles. The normalized spacial score (nSPS) is 14.8. The first-order valence-electron chi connectivity index (χ1n) is 20.0. The highest BCUT2D eigenvalue weighted by molar-refractivity contribution is 5.77. The number of hydrogen-bond acceptors (Lipinski definition) is 8. The van der Waals surface area contributed by atoms with Gasteiger partial charge in [0.15, 0.2) is 23.7 Å². The first-order chi connectivity index (χ1) is 29.6. The van der Waals surface area contributed by atoms with E-state index in [-0.39, 0.29) is 6.42 Å². The second kappa shape index (κ2) is 19.6. The molecule has 0 saturated carbocycles. The van der Waals surface area contributed by atoms with Crippen LogP contribution in [0.25, 0.3) is 0 Å². The van der Waals surface area contributed by atoms with Gasteiger partial charge in [-0.1, -0.05) is 158 Å². The van der Waals surface area contributed by atoms with Gasteiger partial charge in [0.1, 0.15) is 49.8 Å².